The maximum absolute atomic E-state index is 5.51. The molecule has 0 saturated heterocycles. The van der Waals surface area contributed by atoms with Gasteiger partial charge in [-0.1, -0.05) is 18.1 Å². The highest BCUT2D eigenvalue weighted by Crippen LogP contribution is 2.28. The van der Waals surface area contributed by atoms with E-state index in [1.54, 1.807) is 11.3 Å². The zero-order valence-electron chi connectivity index (χ0n) is 13.8. The molecule has 0 fully saturated rings. The van der Waals surface area contributed by atoms with Crippen molar-refractivity contribution in [2.45, 2.75) is 39.3 Å². The third-order valence-corrected chi connectivity index (χ3v) is 5.30. The van der Waals surface area contributed by atoms with Crippen LogP contribution in [0.3, 0.4) is 0 Å². The standard InChI is InChI=1S/C17H19N5OS/c1-3-15-18-9-12-6-7-22(10-13(12)19-15)11(2)17-20-16(21-23-17)14-5-4-8-24-14/h4-5,8-9,11H,3,6-7,10H2,1-2H3/t11-/m0/s1. The van der Waals surface area contributed by atoms with E-state index in [4.69, 9.17) is 4.52 Å². The first kappa shape index (κ1) is 15.4. The van der Waals surface area contributed by atoms with Crippen molar-refractivity contribution in [2.75, 3.05) is 6.54 Å². The lowest BCUT2D eigenvalue weighted by molar-refractivity contribution is 0.155. The van der Waals surface area contributed by atoms with Crippen LogP contribution in [0.4, 0.5) is 0 Å². The Morgan fingerprint density at radius 2 is 2.29 bits per heavy atom. The average Bonchev–Trinajstić information content (AvgIpc) is 3.31. The summed E-state index contributed by atoms with van der Waals surface area (Å²) in [6.45, 7) is 5.93. The molecule has 1 aliphatic heterocycles. The van der Waals surface area contributed by atoms with Crippen molar-refractivity contribution < 1.29 is 4.52 Å². The van der Waals surface area contributed by atoms with Gasteiger partial charge in [-0.15, -0.1) is 11.3 Å². The molecule has 3 aromatic heterocycles. The van der Waals surface area contributed by atoms with E-state index in [9.17, 15) is 0 Å². The van der Waals surface area contributed by atoms with Gasteiger partial charge in [-0.3, -0.25) is 4.90 Å². The van der Waals surface area contributed by atoms with E-state index in [-0.39, 0.29) is 6.04 Å². The lowest BCUT2D eigenvalue weighted by Crippen LogP contribution is -2.34. The minimum atomic E-state index is 0.0689. The molecule has 0 N–H and O–H groups in total. The van der Waals surface area contributed by atoms with E-state index in [1.807, 2.05) is 23.7 Å². The molecular weight excluding hydrogens is 322 g/mol. The van der Waals surface area contributed by atoms with Crippen molar-refractivity contribution in [2.24, 2.45) is 0 Å². The summed E-state index contributed by atoms with van der Waals surface area (Å²) in [5.41, 5.74) is 2.37. The molecule has 0 amide bonds. The molecule has 0 unspecified atom stereocenters. The summed E-state index contributed by atoms with van der Waals surface area (Å²) < 4.78 is 5.51. The van der Waals surface area contributed by atoms with Crippen molar-refractivity contribution in [1.82, 2.24) is 25.0 Å². The van der Waals surface area contributed by atoms with Crippen LogP contribution in [-0.2, 0) is 19.4 Å². The number of rotatable bonds is 4. The topological polar surface area (TPSA) is 67.9 Å². The van der Waals surface area contributed by atoms with Crippen LogP contribution in [0.1, 0.15) is 42.9 Å². The summed E-state index contributed by atoms with van der Waals surface area (Å²) in [5, 5.41) is 6.13. The van der Waals surface area contributed by atoms with Crippen molar-refractivity contribution in [3.63, 3.8) is 0 Å². The molecule has 24 heavy (non-hydrogen) atoms. The Bertz CT molecular complexity index is 829. The normalized spacial score (nSPS) is 16.1. The van der Waals surface area contributed by atoms with Crippen molar-refractivity contribution in [3.05, 3.63) is 46.7 Å². The SMILES string of the molecule is CCc1ncc2c(n1)CN([C@@H](C)c1nc(-c3cccs3)no1)CC2. The maximum Gasteiger partial charge on any atom is 0.244 e. The molecule has 1 atom stereocenters. The second kappa shape index (κ2) is 6.41. The quantitative estimate of drug-likeness (QED) is 0.725. The van der Waals surface area contributed by atoms with E-state index >= 15 is 0 Å². The largest absolute Gasteiger partial charge is 0.337 e. The van der Waals surface area contributed by atoms with Crippen LogP contribution in [0.2, 0.25) is 0 Å². The van der Waals surface area contributed by atoms with Crippen LogP contribution in [0, 0.1) is 0 Å². The van der Waals surface area contributed by atoms with Crippen LogP contribution >= 0.6 is 11.3 Å². The van der Waals surface area contributed by atoms with E-state index < -0.39 is 0 Å². The predicted octanol–water partition coefficient (Wildman–Crippen LogP) is 3.27. The van der Waals surface area contributed by atoms with Crippen LogP contribution in [0.15, 0.2) is 28.2 Å². The molecule has 124 valence electrons. The molecule has 0 radical (unpaired) electrons. The van der Waals surface area contributed by atoms with Gasteiger partial charge in [0.25, 0.3) is 0 Å². The number of thiophene rings is 1. The number of hydrogen-bond donors (Lipinski definition) is 0. The Balaban J connectivity index is 1.54. The highest BCUT2D eigenvalue weighted by Gasteiger charge is 2.27. The molecule has 0 bridgehead atoms. The minimum Gasteiger partial charge on any atom is -0.337 e. The monoisotopic (exact) mass is 341 g/mol. The molecule has 7 heteroatoms. The van der Waals surface area contributed by atoms with E-state index in [0.29, 0.717) is 11.7 Å². The Kier molecular flexibility index (Phi) is 4.12. The average molecular weight is 341 g/mol. The van der Waals surface area contributed by atoms with E-state index in [0.717, 1.165) is 42.3 Å². The van der Waals surface area contributed by atoms with Gasteiger partial charge in [-0.25, -0.2) is 9.97 Å². The predicted molar refractivity (Wildman–Crippen MR) is 91.6 cm³/mol. The number of nitrogens with zero attached hydrogens (tertiary/aromatic N) is 5. The van der Waals surface area contributed by atoms with Crippen LogP contribution in [0.25, 0.3) is 10.7 Å². The second-order valence-electron chi connectivity index (χ2n) is 5.94. The molecule has 4 rings (SSSR count). The highest BCUT2D eigenvalue weighted by atomic mass is 32.1. The van der Waals surface area contributed by atoms with Gasteiger partial charge >= 0.3 is 0 Å². The zero-order chi connectivity index (χ0) is 16.5. The smallest absolute Gasteiger partial charge is 0.244 e. The summed E-state index contributed by atoms with van der Waals surface area (Å²) in [6, 6.07) is 4.07. The molecule has 6 nitrogen and oxygen atoms in total. The van der Waals surface area contributed by atoms with Gasteiger partial charge in [0.15, 0.2) is 0 Å². The molecule has 0 saturated carbocycles. The first-order valence-electron chi connectivity index (χ1n) is 8.19. The third kappa shape index (κ3) is 2.85. The Hall–Kier alpha value is -2.12. The van der Waals surface area contributed by atoms with Gasteiger partial charge in [0.2, 0.25) is 11.7 Å². The molecule has 0 aliphatic carbocycles. The molecule has 4 heterocycles. The Labute approximate surface area is 144 Å². The first-order chi connectivity index (χ1) is 11.7. The van der Waals surface area contributed by atoms with Gasteiger partial charge in [0.05, 0.1) is 16.6 Å². The molecule has 0 spiro atoms. The fourth-order valence-electron chi connectivity index (χ4n) is 2.93. The van der Waals surface area contributed by atoms with Crippen LogP contribution < -0.4 is 0 Å². The second-order valence-corrected chi connectivity index (χ2v) is 6.89. The summed E-state index contributed by atoms with van der Waals surface area (Å²) in [4.78, 5) is 17.0. The zero-order valence-corrected chi connectivity index (χ0v) is 14.6. The lowest BCUT2D eigenvalue weighted by atomic mass is 10.1. The fourth-order valence-corrected chi connectivity index (χ4v) is 3.58. The minimum absolute atomic E-state index is 0.0689. The van der Waals surface area contributed by atoms with Crippen LogP contribution in [-0.4, -0.2) is 31.6 Å². The Morgan fingerprint density at radius 1 is 1.38 bits per heavy atom. The molecule has 1 aliphatic rings. The van der Waals surface area contributed by atoms with Gasteiger partial charge in [0.1, 0.15) is 5.82 Å². The number of fused-ring (bicyclic) bond motifs is 1. The van der Waals surface area contributed by atoms with Gasteiger partial charge < -0.3 is 4.52 Å². The Morgan fingerprint density at radius 3 is 3.08 bits per heavy atom. The number of aryl methyl sites for hydroxylation is 1. The fraction of sp³-hybridized carbons (Fsp3) is 0.412. The first-order valence-corrected chi connectivity index (χ1v) is 9.07. The summed E-state index contributed by atoms with van der Waals surface area (Å²) in [6.07, 6.45) is 3.79. The van der Waals surface area contributed by atoms with Gasteiger partial charge in [-0.2, -0.15) is 4.98 Å². The molecule has 0 aromatic carbocycles. The maximum atomic E-state index is 5.51. The van der Waals surface area contributed by atoms with Crippen molar-refractivity contribution in [3.8, 4) is 10.7 Å². The molecule has 3 aromatic rings. The van der Waals surface area contributed by atoms with Crippen molar-refractivity contribution >= 4 is 11.3 Å². The highest BCUT2D eigenvalue weighted by molar-refractivity contribution is 7.13. The van der Waals surface area contributed by atoms with E-state index in [1.165, 1.54) is 5.56 Å². The van der Waals surface area contributed by atoms with Crippen LogP contribution in [0.5, 0.6) is 0 Å². The van der Waals surface area contributed by atoms with Gasteiger partial charge in [-0.05, 0) is 30.4 Å². The number of hydrogen-bond acceptors (Lipinski definition) is 7. The van der Waals surface area contributed by atoms with E-state index in [2.05, 4.69) is 38.9 Å². The van der Waals surface area contributed by atoms with Crippen molar-refractivity contribution in [1.29, 1.82) is 0 Å². The van der Waals surface area contributed by atoms with Gasteiger partial charge in [0, 0.05) is 25.7 Å². The lowest BCUT2D eigenvalue weighted by Gasteiger charge is -2.31. The summed E-state index contributed by atoms with van der Waals surface area (Å²) in [7, 11) is 0. The third-order valence-electron chi connectivity index (χ3n) is 4.43. The molecular formula is C17H19N5OS. The summed E-state index contributed by atoms with van der Waals surface area (Å²) in [5.74, 6) is 2.23. The summed E-state index contributed by atoms with van der Waals surface area (Å²) >= 11 is 1.62. The number of aromatic nitrogens is 4.